The van der Waals surface area contributed by atoms with Gasteiger partial charge < -0.3 is 25.8 Å². The van der Waals surface area contributed by atoms with Crippen molar-refractivity contribution in [2.45, 2.75) is 50.3 Å². The Morgan fingerprint density at radius 3 is 2.37 bits per heavy atom. The zero-order valence-electron chi connectivity index (χ0n) is 21.6. The fourth-order valence-corrected chi connectivity index (χ4v) is 4.94. The van der Waals surface area contributed by atoms with Gasteiger partial charge in [0.25, 0.3) is 0 Å². The van der Waals surface area contributed by atoms with Gasteiger partial charge in [-0.25, -0.2) is 13.6 Å². The number of halogens is 2. The molecule has 3 aromatic carbocycles. The number of urea groups is 1. The second-order valence-electron chi connectivity index (χ2n) is 9.75. The molecule has 0 unspecified atom stereocenters. The summed E-state index contributed by atoms with van der Waals surface area (Å²) in [7, 11) is 0. The van der Waals surface area contributed by atoms with Gasteiger partial charge in [-0.2, -0.15) is 0 Å². The van der Waals surface area contributed by atoms with E-state index in [1.54, 1.807) is 24.3 Å². The Hall–Kier alpha value is -3.33. The summed E-state index contributed by atoms with van der Waals surface area (Å²) in [5.74, 6) is -1.42. The van der Waals surface area contributed by atoms with Gasteiger partial charge in [0.1, 0.15) is 11.6 Å². The van der Waals surface area contributed by atoms with Crippen LogP contribution in [0.5, 0.6) is 0 Å². The number of nitrogens with one attached hydrogen (secondary N) is 3. The van der Waals surface area contributed by atoms with Crippen molar-refractivity contribution in [1.82, 2.24) is 10.6 Å². The van der Waals surface area contributed by atoms with Crippen molar-refractivity contribution in [2.75, 3.05) is 25.1 Å². The Morgan fingerprint density at radius 1 is 0.974 bits per heavy atom. The number of amides is 2. The van der Waals surface area contributed by atoms with Crippen molar-refractivity contribution in [3.05, 3.63) is 101 Å². The van der Waals surface area contributed by atoms with E-state index in [2.05, 4.69) is 41.1 Å². The summed E-state index contributed by atoms with van der Waals surface area (Å²) in [6, 6.07) is 19.2. The largest absolute Gasteiger partial charge is 0.390 e. The molecule has 0 saturated carbocycles. The average molecular weight is 524 g/mol. The van der Waals surface area contributed by atoms with E-state index in [4.69, 9.17) is 4.74 Å². The molecule has 2 amide bonds. The number of hydrogen-bond acceptors (Lipinski definition) is 4. The van der Waals surface area contributed by atoms with Gasteiger partial charge in [0.15, 0.2) is 0 Å². The summed E-state index contributed by atoms with van der Waals surface area (Å²) in [5, 5.41) is 20.4. The van der Waals surface area contributed by atoms with E-state index >= 15 is 0 Å². The number of aliphatic hydroxyl groups excluding tert-OH is 1. The normalized spacial score (nSPS) is 16.4. The Bertz CT molecular complexity index is 1180. The first-order chi connectivity index (χ1) is 18.4. The molecule has 38 heavy (non-hydrogen) atoms. The van der Waals surface area contributed by atoms with Gasteiger partial charge in [0.2, 0.25) is 0 Å². The smallest absolute Gasteiger partial charge is 0.319 e. The molecule has 4 N–H and O–H groups in total. The Balaban J connectivity index is 1.52. The van der Waals surface area contributed by atoms with Crippen molar-refractivity contribution in [1.29, 1.82) is 0 Å². The summed E-state index contributed by atoms with van der Waals surface area (Å²) in [5.41, 5.74) is 2.88. The molecule has 202 valence electrons. The van der Waals surface area contributed by atoms with Crippen molar-refractivity contribution >= 4 is 11.7 Å². The fraction of sp³-hybridized carbons (Fsp3) is 0.367. The quantitative estimate of drug-likeness (QED) is 0.304. The minimum Gasteiger partial charge on any atom is -0.390 e. The average Bonchev–Trinajstić information content (AvgIpc) is 2.92. The molecule has 3 aromatic rings. The Morgan fingerprint density at radius 2 is 1.68 bits per heavy atom. The highest BCUT2D eigenvalue weighted by molar-refractivity contribution is 5.89. The Kier molecular flexibility index (Phi) is 9.44. The molecule has 1 heterocycles. The van der Waals surface area contributed by atoms with Crippen molar-refractivity contribution in [3.8, 4) is 0 Å². The summed E-state index contributed by atoms with van der Waals surface area (Å²) < 4.78 is 33.4. The monoisotopic (exact) mass is 523 g/mol. The zero-order valence-corrected chi connectivity index (χ0v) is 21.6. The van der Waals surface area contributed by atoms with E-state index < -0.39 is 35.4 Å². The van der Waals surface area contributed by atoms with Crippen LogP contribution in [0.1, 0.15) is 36.5 Å². The second-order valence-corrected chi connectivity index (χ2v) is 9.75. The zero-order chi connectivity index (χ0) is 27.0. The van der Waals surface area contributed by atoms with E-state index in [1.165, 1.54) is 17.7 Å². The van der Waals surface area contributed by atoms with E-state index in [-0.39, 0.29) is 13.0 Å². The maximum Gasteiger partial charge on any atom is 0.319 e. The minimum absolute atomic E-state index is 0.0428. The molecule has 8 heteroatoms. The third-order valence-electron chi connectivity index (χ3n) is 7.07. The van der Waals surface area contributed by atoms with Crippen LogP contribution >= 0.6 is 0 Å². The SMILES string of the molecule is CCc1cccc(C2(NC[C@H](O)[C@H](Cc3cc(F)cc(F)c3)NC(=O)Nc3ccccc3)CCOCC2)c1. The molecule has 4 rings (SSSR count). The van der Waals surface area contributed by atoms with E-state index in [1.807, 2.05) is 12.1 Å². The predicted molar refractivity (Wildman–Crippen MR) is 144 cm³/mol. The highest BCUT2D eigenvalue weighted by Crippen LogP contribution is 2.33. The number of benzene rings is 3. The van der Waals surface area contributed by atoms with Crippen LogP contribution in [0.25, 0.3) is 0 Å². The van der Waals surface area contributed by atoms with E-state index in [9.17, 15) is 18.7 Å². The lowest BCUT2D eigenvalue weighted by atomic mass is 9.81. The second kappa shape index (κ2) is 13.0. The molecule has 0 radical (unpaired) electrons. The molecule has 1 aliphatic heterocycles. The van der Waals surface area contributed by atoms with Crippen molar-refractivity contribution in [2.24, 2.45) is 0 Å². The van der Waals surface area contributed by atoms with Crippen LogP contribution in [0, 0.1) is 11.6 Å². The van der Waals surface area contributed by atoms with Crippen molar-refractivity contribution in [3.63, 3.8) is 0 Å². The van der Waals surface area contributed by atoms with Gasteiger partial charge in [0.05, 0.1) is 12.1 Å². The molecule has 1 fully saturated rings. The summed E-state index contributed by atoms with van der Waals surface area (Å²) in [6.45, 7) is 3.44. The third kappa shape index (κ3) is 7.37. The molecule has 1 aliphatic rings. The third-order valence-corrected chi connectivity index (χ3v) is 7.07. The van der Waals surface area contributed by atoms with Crippen LogP contribution in [0.15, 0.2) is 72.8 Å². The molecule has 0 aliphatic carbocycles. The molecule has 2 atom stereocenters. The van der Waals surface area contributed by atoms with Gasteiger partial charge in [-0.1, -0.05) is 49.4 Å². The number of aliphatic hydroxyl groups is 1. The molecule has 0 bridgehead atoms. The van der Waals surface area contributed by atoms with Gasteiger partial charge in [0, 0.05) is 37.1 Å². The minimum atomic E-state index is -1.04. The van der Waals surface area contributed by atoms with Gasteiger partial charge >= 0.3 is 6.03 Å². The number of aryl methyl sites for hydroxylation is 1. The molecule has 1 saturated heterocycles. The highest BCUT2D eigenvalue weighted by atomic mass is 19.1. The number of carbonyl (C=O) groups excluding carboxylic acids is 1. The standard InChI is InChI=1S/C30H35F2N3O3/c1-2-21-7-6-8-23(15-21)30(11-13-38-14-12-30)33-20-28(36)27(18-22-16-24(31)19-25(32)17-22)35-29(37)34-26-9-4-3-5-10-26/h3-10,15-17,19,27-28,33,36H,2,11-14,18,20H2,1H3,(H2,34,35,37)/t27-,28-/m0/s1. The van der Waals surface area contributed by atoms with E-state index in [0.717, 1.165) is 30.9 Å². The summed E-state index contributed by atoms with van der Waals surface area (Å²) >= 11 is 0. The first-order valence-corrected chi connectivity index (χ1v) is 13.0. The maximum absolute atomic E-state index is 13.9. The highest BCUT2D eigenvalue weighted by Gasteiger charge is 2.35. The van der Waals surface area contributed by atoms with E-state index in [0.29, 0.717) is 24.5 Å². The van der Waals surface area contributed by atoms with Crippen LogP contribution in [0.3, 0.4) is 0 Å². The molecule has 0 spiro atoms. The lowest BCUT2D eigenvalue weighted by molar-refractivity contribution is 0.0272. The first kappa shape index (κ1) is 27.7. The number of ether oxygens (including phenoxy) is 1. The van der Waals surface area contributed by atoms with Gasteiger partial charge in [-0.05, 0) is 66.6 Å². The number of rotatable bonds is 10. The molecule has 6 nitrogen and oxygen atoms in total. The topological polar surface area (TPSA) is 82.6 Å². The molecular weight excluding hydrogens is 488 g/mol. The maximum atomic E-state index is 13.9. The molecule has 0 aromatic heterocycles. The number of hydrogen-bond donors (Lipinski definition) is 4. The first-order valence-electron chi connectivity index (χ1n) is 13.0. The van der Waals surface area contributed by atoms with Crippen LogP contribution in [-0.4, -0.2) is 43.0 Å². The predicted octanol–water partition coefficient (Wildman–Crippen LogP) is 4.92. The number of anilines is 1. The van der Waals surface area contributed by atoms with Crippen LogP contribution in [0.4, 0.5) is 19.3 Å². The van der Waals surface area contributed by atoms with Gasteiger partial charge in [-0.15, -0.1) is 0 Å². The summed E-state index contributed by atoms with van der Waals surface area (Å²) in [6.07, 6.45) is 1.37. The lowest BCUT2D eigenvalue weighted by Gasteiger charge is -2.40. The van der Waals surface area contributed by atoms with Crippen LogP contribution in [-0.2, 0) is 23.1 Å². The van der Waals surface area contributed by atoms with Gasteiger partial charge in [-0.3, -0.25) is 0 Å². The van der Waals surface area contributed by atoms with Crippen LogP contribution in [0.2, 0.25) is 0 Å². The Labute approximate surface area is 222 Å². The van der Waals surface area contributed by atoms with Crippen LogP contribution < -0.4 is 16.0 Å². The summed E-state index contributed by atoms with van der Waals surface area (Å²) in [4.78, 5) is 12.8. The molecular formula is C30H35F2N3O3. The van der Waals surface area contributed by atoms with Crippen molar-refractivity contribution < 1.29 is 23.4 Å². The lowest BCUT2D eigenvalue weighted by Crippen LogP contribution is -2.54. The fourth-order valence-electron chi connectivity index (χ4n) is 4.94. The number of carbonyl (C=O) groups is 1. The number of para-hydroxylation sites is 1.